The summed E-state index contributed by atoms with van der Waals surface area (Å²) < 4.78 is 44.1. The maximum absolute atomic E-state index is 13.5. The van der Waals surface area contributed by atoms with E-state index in [-0.39, 0.29) is 24.0 Å². The van der Waals surface area contributed by atoms with Crippen molar-refractivity contribution in [3.05, 3.63) is 88.5 Å². The van der Waals surface area contributed by atoms with Crippen molar-refractivity contribution in [2.24, 2.45) is 0 Å². The Morgan fingerprint density at radius 3 is 2.53 bits per heavy atom. The van der Waals surface area contributed by atoms with Crippen molar-refractivity contribution in [3.63, 3.8) is 0 Å². The lowest BCUT2D eigenvalue weighted by atomic mass is 10.1. The van der Waals surface area contributed by atoms with Gasteiger partial charge in [0, 0.05) is 31.5 Å². The van der Waals surface area contributed by atoms with E-state index < -0.39 is 23.6 Å². The minimum Gasteiger partial charge on any atom is -0.507 e. The predicted octanol–water partition coefficient (Wildman–Crippen LogP) is 5.62. The van der Waals surface area contributed by atoms with E-state index in [2.05, 4.69) is 0 Å². The molecule has 1 amide bonds. The lowest BCUT2D eigenvalue weighted by molar-refractivity contribution is 0.0255. The van der Waals surface area contributed by atoms with Crippen LogP contribution in [0.15, 0.2) is 60.7 Å². The zero-order valence-electron chi connectivity index (χ0n) is 19.7. The summed E-state index contributed by atoms with van der Waals surface area (Å²) in [5, 5.41) is 10.6. The average molecular weight is 496 g/mol. The molecule has 6 nitrogen and oxygen atoms in total. The average Bonchev–Trinajstić information content (AvgIpc) is 3.31. The lowest BCUT2D eigenvalue weighted by Crippen LogP contribution is -2.26. The summed E-state index contributed by atoms with van der Waals surface area (Å²) in [7, 11) is 0. The van der Waals surface area contributed by atoms with Crippen molar-refractivity contribution in [1.82, 2.24) is 4.90 Å². The molecule has 2 heterocycles. The quantitative estimate of drug-likeness (QED) is 0.461. The van der Waals surface area contributed by atoms with Crippen molar-refractivity contribution in [1.29, 1.82) is 0 Å². The molecule has 0 bridgehead atoms. The number of hydrogen-bond donors (Lipinski definition) is 1. The third-order valence-electron chi connectivity index (χ3n) is 6.47. The highest BCUT2D eigenvalue weighted by Gasteiger charge is 2.30. The van der Waals surface area contributed by atoms with E-state index >= 15 is 0 Å². The minimum absolute atomic E-state index is 0.0698. The molecule has 0 aliphatic carbocycles. The van der Waals surface area contributed by atoms with Gasteiger partial charge in [-0.3, -0.25) is 4.79 Å². The second kappa shape index (κ2) is 10.5. The van der Waals surface area contributed by atoms with Gasteiger partial charge in [-0.05, 0) is 41.0 Å². The lowest BCUT2D eigenvalue weighted by Gasteiger charge is -2.23. The predicted molar refractivity (Wildman–Crippen MR) is 128 cm³/mol. The Bertz CT molecular complexity index is 1230. The number of aromatic hydroxyl groups is 1. The third-order valence-corrected chi connectivity index (χ3v) is 6.47. The standard InChI is InChI=1S/C28H27F2NO5/c29-27(30)20-13-24(32)26(25(14-20)35-17-18-4-2-1-3-5-18)28(33)31-15-19-6-7-23(12-21(19)16-31)36-22-8-10-34-11-9-22/h1-7,12-14,22,27,32H,8-11,15-17H2. The molecule has 0 spiro atoms. The monoisotopic (exact) mass is 495 g/mol. The molecular formula is C28H27F2NO5. The van der Waals surface area contributed by atoms with Gasteiger partial charge in [0.1, 0.15) is 35.5 Å². The molecule has 2 aliphatic heterocycles. The highest BCUT2D eigenvalue weighted by molar-refractivity contribution is 6.00. The number of alkyl halides is 2. The molecule has 1 N–H and O–H groups in total. The van der Waals surface area contributed by atoms with Crippen molar-refractivity contribution < 1.29 is 32.9 Å². The summed E-state index contributed by atoms with van der Waals surface area (Å²) >= 11 is 0. The van der Waals surface area contributed by atoms with Gasteiger partial charge in [0.05, 0.1) is 13.2 Å². The maximum atomic E-state index is 13.5. The first-order valence-electron chi connectivity index (χ1n) is 11.9. The number of halogens is 2. The fourth-order valence-electron chi connectivity index (χ4n) is 4.54. The molecule has 188 valence electrons. The number of fused-ring (bicyclic) bond motifs is 1. The van der Waals surface area contributed by atoms with Gasteiger partial charge in [-0.15, -0.1) is 0 Å². The summed E-state index contributed by atoms with van der Waals surface area (Å²) in [6, 6.07) is 17.0. The van der Waals surface area contributed by atoms with Crippen LogP contribution in [0.4, 0.5) is 8.78 Å². The van der Waals surface area contributed by atoms with Gasteiger partial charge in [-0.2, -0.15) is 0 Å². The van der Waals surface area contributed by atoms with Crippen LogP contribution >= 0.6 is 0 Å². The molecule has 0 radical (unpaired) electrons. The number of phenolic OH excluding ortho intramolecular Hbond substituents is 1. The summed E-state index contributed by atoms with van der Waals surface area (Å²) in [5.74, 6) is -0.343. The first-order chi connectivity index (χ1) is 17.5. The fraction of sp³-hybridized carbons (Fsp3) is 0.321. The van der Waals surface area contributed by atoms with Crippen LogP contribution in [0.1, 0.15) is 51.9 Å². The van der Waals surface area contributed by atoms with E-state index in [0.29, 0.717) is 26.3 Å². The van der Waals surface area contributed by atoms with Gasteiger partial charge >= 0.3 is 0 Å². The van der Waals surface area contributed by atoms with E-state index in [1.807, 2.05) is 48.5 Å². The Morgan fingerprint density at radius 1 is 1.03 bits per heavy atom. The molecule has 3 aromatic rings. The molecule has 0 aromatic heterocycles. The maximum Gasteiger partial charge on any atom is 0.264 e. The highest BCUT2D eigenvalue weighted by atomic mass is 19.3. The van der Waals surface area contributed by atoms with Crippen molar-refractivity contribution >= 4 is 5.91 Å². The second-order valence-corrected chi connectivity index (χ2v) is 9.01. The fourth-order valence-corrected chi connectivity index (χ4v) is 4.54. The van der Waals surface area contributed by atoms with Crippen LogP contribution in [-0.2, 0) is 24.4 Å². The van der Waals surface area contributed by atoms with Gasteiger partial charge in [0.2, 0.25) is 0 Å². The first kappa shape index (κ1) is 24.1. The zero-order valence-corrected chi connectivity index (χ0v) is 19.7. The first-order valence-corrected chi connectivity index (χ1v) is 11.9. The number of benzene rings is 3. The Kier molecular flexibility index (Phi) is 7.04. The van der Waals surface area contributed by atoms with Crippen molar-refractivity contribution in [2.45, 2.75) is 45.1 Å². The molecule has 2 aliphatic rings. The van der Waals surface area contributed by atoms with Gasteiger partial charge in [0.15, 0.2) is 0 Å². The van der Waals surface area contributed by atoms with E-state index in [1.54, 1.807) is 4.90 Å². The smallest absolute Gasteiger partial charge is 0.264 e. The number of amides is 1. The molecule has 0 unspecified atom stereocenters. The number of rotatable bonds is 7. The van der Waals surface area contributed by atoms with E-state index in [0.717, 1.165) is 47.4 Å². The van der Waals surface area contributed by atoms with Gasteiger partial charge in [-0.1, -0.05) is 36.4 Å². The van der Waals surface area contributed by atoms with E-state index in [9.17, 15) is 18.7 Å². The van der Waals surface area contributed by atoms with E-state index in [4.69, 9.17) is 14.2 Å². The van der Waals surface area contributed by atoms with E-state index in [1.165, 1.54) is 0 Å². The number of phenols is 1. The largest absolute Gasteiger partial charge is 0.507 e. The summed E-state index contributed by atoms with van der Waals surface area (Å²) in [6.45, 7) is 2.08. The van der Waals surface area contributed by atoms with Crippen LogP contribution in [0.5, 0.6) is 17.2 Å². The third kappa shape index (κ3) is 5.28. The summed E-state index contributed by atoms with van der Waals surface area (Å²) in [5.41, 5.74) is 2.19. The Labute approximate surface area is 208 Å². The molecule has 5 rings (SSSR count). The highest BCUT2D eigenvalue weighted by Crippen LogP contribution is 2.37. The Morgan fingerprint density at radius 2 is 1.78 bits per heavy atom. The number of nitrogens with zero attached hydrogens (tertiary/aromatic N) is 1. The van der Waals surface area contributed by atoms with Crippen LogP contribution < -0.4 is 9.47 Å². The molecule has 3 aromatic carbocycles. The molecule has 0 saturated carbocycles. The Balaban J connectivity index is 1.35. The number of carbonyl (C=O) groups is 1. The minimum atomic E-state index is -2.82. The Hall–Kier alpha value is -3.65. The zero-order chi connectivity index (χ0) is 25.1. The topological polar surface area (TPSA) is 68.2 Å². The van der Waals surface area contributed by atoms with Crippen molar-refractivity contribution in [2.75, 3.05) is 13.2 Å². The normalized spacial score (nSPS) is 15.7. The summed E-state index contributed by atoms with van der Waals surface area (Å²) in [6.07, 6.45) is -1.04. The van der Waals surface area contributed by atoms with Crippen LogP contribution in [0.3, 0.4) is 0 Å². The van der Waals surface area contributed by atoms with Crippen LogP contribution in [0.25, 0.3) is 0 Å². The second-order valence-electron chi connectivity index (χ2n) is 9.01. The van der Waals surface area contributed by atoms with Crippen molar-refractivity contribution in [3.8, 4) is 17.2 Å². The van der Waals surface area contributed by atoms with Gasteiger partial charge < -0.3 is 24.2 Å². The molecule has 36 heavy (non-hydrogen) atoms. The molecule has 0 atom stereocenters. The van der Waals surface area contributed by atoms with Crippen LogP contribution in [0, 0.1) is 0 Å². The van der Waals surface area contributed by atoms with Crippen LogP contribution in [0.2, 0.25) is 0 Å². The summed E-state index contributed by atoms with van der Waals surface area (Å²) in [4.78, 5) is 15.1. The number of carbonyl (C=O) groups excluding carboxylic acids is 1. The van der Waals surface area contributed by atoms with Gasteiger partial charge in [0.25, 0.3) is 12.3 Å². The molecule has 1 saturated heterocycles. The molecular weight excluding hydrogens is 468 g/mol. The van der Waals surface area contributed by atoms with Gasteiger partial charge in [-0.25, -0.2) is 8.78 Å². The number of hydrogen-bond acceptors (Lipinski definition) is 5. The van der Waals surface area contributed by atoms with Crippen LogP contribution in [-0.4, -0.2) is 35.2 Å². The molecule has 1 fully saturated rings. The number of ether oxygens (including phenoxy) is 3. The SMILES string of the molecule is O=C(c1c(O)cc(C(F)F)cc1OCc1ccccc1)N1Cc2ccc(OC3CCOCC3)cc2C1. The molecule has 8 heteroatoms.